The number of hydrogen-bond donors (Lipinski definition) is 2. The smallest absolute Gasteiger partial charge is 0.305 e. The van der Waals surface area contributed by atoms with Crippen LogP contribution in [0.3, 0.4) is 0 Å². The van der Waals surface area contributed by atoms with Crippen LogP contribution in [0.1, 0.15) is 48.4 Å². The van der Waals surface area contributed by atoms with Gasteiger partial charge in [-0.2, -0.15) is 0 Å². The summed E-state index contributed by atoms with van der Waals surface area (Å²) in [6.45, 7) is 3.65. The van der Waals surface area contributed by atoms with E-state index in [-0.39, 0.29) is 30.5 Å². The van der Waals surface area contributed by atoms with Crippen LogP contribution in [0.15, 0.2) is 48.5 Å². The molecule has 2 aromatic carbocycles. The van der Waals surface area contributed by atoms with Gasteiger partial charge in [0.05, 0.1) is 12.5 Å². The number of nitrogens with one attached hydrogen (secondary N) is 1. The van der Waals surface area contributed by atoms with E-state index in [1.54, 1.807) is 25.1 Å². The van der Waals surface area contributed by atoms with Crippen LogP contribution in [0.4, 0.5) is 4.39 Å². The summed E-state index contributed by atoms with van der Waals surface area (Å²) in [6.07, 6.45) is -0.117. The highest BCUT2D eigenvalue weighted by Gasteiger charge is 2.21. The summed E-state index contributed by atoms with van der Waals surface area (Å²) in [5.74, 6) is -1.94. The van der Waals surface area contributed by atoms with Crippen molar-refractivity contribution in [3.8, 4) is 0 Å². The fraction of sp³-hybridized carbons (Fsp3) is 0.300. The molecule has 2 atom stereocenters. The molecule has 0 spiro atoms. The SMILES string of the molecule is Cc1ccccc1C(CC(=O)O)NC(=O)CC(C)c1ccccc1F. The zero-order valence-corrected chi connectivity index (χ0v) is 14.3. The monoisotopic (exact) mass is 343 g/mol. The van der Waals surface area contributed by atoms with Gasteiger partial charge < -0.3 is 10.4 Å². The third-order valence-corrected chi connectivity index (χ3v) is 4.21. The van der Waals surface area contributed by atoms with Crippen LogP contribution >= 0.6 is 0 Å². The maximum absolute atomic E-state index is 13.8. The van der Waals surface area contributed by atoms with Gasteiger partial charge in [-0.1, -0.05) is 49.4 Å². The molecule has 0 aromatic heterocycles. The van der Waals surface area contributed by atoms with Gasteiger partial charge in [-0.05, 0) is 35.6 Å². The highest BCUT2D eigenvalue weighted by atomic mass is 19.1. The molecule has 5 heteroatoms. The Labute approximate surface area is 146 Å². The molecule has 2 aromatic rings. The molecule has 4 nitrogen and oxygen atoms in total. The lowest BCUT2D eigenvalue weighted by molar-refractivity contribution is -0.137. The molecule has 0 aliphatic rings. The third-order valence-electron chi connectivity index (χ3n) is 4.21. The number of carbonyl (C=O) groups excluding carboxylic acids is 1. The van der Waals surface area contributed by atoms with E-state index in [0.29, 0.717) is 5.56 Å². The van der Waals surface area contributed by atoms with Crippen molar-refractivity contribution < 1.29 is 19.1 Å². The molecule has 25 heavy (non-hydrogen) atoms. The predicted octanol–water partition coefficient (Wildman–Crippen LogP) is 3.96. The van der Waals surface area contributed by atoms with Crippen LogP contribution in [0.25, 0.3) is 0 Å². The number of halogens is 1. The summed E-state index contributed by atoms with van der Waals surface area (Å²) in [6, 6.07) is 13.1. The minimum atomic E-state index is -0.990. The van der Waals surface area contributed by atoms with Crippen LogP contribution in [0.5, 0.6) is 0 Å². The first-order valence-corrected chi connectivity index (χ1v) is 8.19. The van der Waals surface area contributed by atoms with Crippen molar-refractivity contribution in [1.82, 2.24) is 5.32 Å². The number of hydrogen-bond acceptors (Lipinski definition) is 2. The van der Waals surface area contributed by atoms with Crippen LogP contribution in [0, 0.1) is 12.7 Å². The predicted molar refractivity (Wildman–Crippen MR) is 93.7 cm³/mol. The molecule has 2 N–H and O–H groups in total. The number of aryl methyl sites for hydroxylation is 1. The van der Waals surface area contributed by atoms with E-state index < -0.39 is 12.0 Å². The van der Waals surface area contributed by atoms with E-state index in [1.165, 1.54) is 6.07 Å². The number of benzene rings is 2. The van der Waals surface area contributed by atoms with E-state index in [9.17, 15) is 14.0 Å². The van der Waals surface area contributed by atoms with E-state index >= 15 is 0 Å². The first-order valence-electron chi connectivity index (χ1n) is 8.19. The van der Waals surface area contributed by atoms with E-state index in [4.69, 9.17) is 5.11 Å². The zero-order valence-electron chi connectivity index (χ0n) is 14.3. The van der Waals surface area contributed by atoms with Crippen molar-refractivity contribution in [3.63, 3.8) is 0 Å². The maximum Gasteiger partial charge on any atom is 0.305 e. The van der Waals surface area contributed by atoms with Crippen LogP contribution in [-0.4, -0.2) is 17.0 Å². The Morgan fingerprint density at radius 2 is 1.64 bits per heavy atom. The topological polar surface area (TPSA) is 66.4 Å². The van der Waals surface area contributed by atoms with E-state index in [0.717, 1.165) is 11.1 Å². The van der Waals surface area contributed by atoms with Crippen LogP contribution < -0.4 is 5.32 Å². The Bertz CT molecular complexity index is 760. The fourth-order valence-electron chi connectivity index (χ4n) is 2.91. The fourth-order valence-corrected chi connectivity index (χ4v) is 2.91. The van der Waals surface area contributed by atoms with E-state index in [2.05, 4.69) is 5.32 Å². The second-order valence-corrected chi connectivity index (χ2v) is 6.20. The molecule has 0 heterocycles. The van der Waals surface area contributed by atoms with Gasteiger partial charge in [0.1, 0.15) is 5.82 Å². The largest absolute Gasteiger partial charge is 0.481 e. The quantitative estimate of drug-likeness (QED) is 0.800. The molecular weight excluding hydrogens is 321 g/mol. The maximum atomic E-state index is 13.8. The van der Waals surface area contributed by atoms with Gasteiger partial charge in [-0.25, -0.2) is 4.39 Å². The lowest BCUT2D eigenvalue weighted by Gasteiger charge is -2.21. The molecule has 0 radical (unpaired) electrons. The van der Waals surface area contributed by atoms with Crippen molar-refractivity contribution in [3.05, 3.63) is 71.0 Å². The number of carboxylic acids is 1. The Hall–Kier alpha value is -2.69. The summed E-state index contributed by atoms with van der Waals surface area (Å²) in [7, 11) is 0. The number of carbonyl (C=O) groups is 2. The highest BCUT2D eigenvalue weighted by molar-refractivity contribution is 5.78. The van der Waals surface area contributed by atoms with Crippen molar-refractivity contribution in [2.24, 2.45) is 0 Å². The second-order valence-electron chi connectivity index (χ2n) is 6.20. The van der Waals surface area contributed by atoms with Gasteiger partial charge in [-0.15, -0.1) is 0 Å². The lowest BCUT2D eigenvalue weighted by atomic mass is 9.95. The summed E-state index contributed by atoms with van der Waals surface area (Å²) in [4.78, 5) is 23.6. The molecule has 1 amide bonds. The summed E-state index contributed by atoms with van der Waals surface area (Å²) in [5.41, 5.74) is 2.16. The normalized spacial score (nSPS) is 13.1. The zero-order chi connectivity index (χ0) is 18.4. The molecule has 0 aliphatic carbocycles. The number of amides is 1. The third kappa shape index (κ3) is 5.14. The van der Waals surface area contributed by atoms with Crippen molar-refractivity contribution in [1.29, 1.82) is 0 Å². The van der Waals surface area contributed by atoms with Crippen molar-refractivity contribution >= 4 is 11.9 Å². The van der Waals surface area contributed by atoms with E-state index in [1.807, 2.05) is 31.2 Å². The summed E-state index contributed by atoms with van der Waals surface area (Å²) in [5, 5.41) is 11.9. The van der Waals surface area contributed by atoms with Crippen molar-refractivity contribution in [2.45, 2.75) is 38.6 Å². The van der Waals surface area contributed by atoms with Crippen molar-refractivity contribution in [2.75, 3.05) is 0 Å². The van der Waals surface area contributed by atoms with Gasteiger partial charge in [0.2, 0.25) is 5.91 Å². The minimum absolute atomic E-state index is 0.0862. The summed E-state index contributed by atoms with van der Waals surface area (Å²) < 4.78 is 13.8. The first-order chi connectivity index (χ1) is 11.9. The van der Waals surface area contributed by atoms with Gasteiger partial charge >= 0.3 is 5.97 Å². The molecule has 0 aliphatic heterocycles. The molecular formula is C20H22FNO3. The average Bonchev–Trinajstić information content (AvgIpc) is 2.54. The highest BCUT2D eigenvalue weighted by Crippen LogP contribution is 2.24. The molecule has 0 saturated heterocycles. The lowest BCUT2D eigenvalue weighted by Crippen LogP contribution is -2.31. The number of rotatable bonds is 7. The molecule has 0 fully saturated rings. The van der Waals surface area contributed by atoms with Crippen LogP contribution in [-0.2, 0) is 9.59 Å². The minimum Gasteiger partial charge on any atom is -0.481 e. The average molecular weight is 343 g/mol. The Kier molecular flexibility index (Phi) is 6.28. The molecule has 0 saturated carbocycles. The van der Waals surface area contributed by atoms with Gasteiger partial charge in [-0.3, -0.25) is 9.59 Å². The number of aliphatic carboxylic acids is 1. The van der Waals surface area contributed by atoms with Gasteiger partial charge in [0.25, 0.3) is 0 Å². The Morgan fingerprint density at radius 1 is 1.04 bits per heavy atom. The molecule has 132 valence electrons. The van der Waals surface area contributed by atoms with Crippen LogP contribution in [0.2, 0.25) is 0 Å². The molecule has 0 bridgehead atoms. The second kappa shape index (κ2) is 8.42. The molecule has 2 rings (SSSR count). The van der Waals surface area contributed by atoms with Gasteiger partial charge in [0.15, 0.2) is 0 Å². The van der Waals surface area contributed by atoms with Gasteiger partial charge in [0, 0.05) is 6.42 Å². The standard InChI is InChI=1S/C20H22FNO3/c1-13-7-3-4-9-16(13)18(12-20(24)25)22-19(23)11-14(2)15-8-5-6-10-17(15)21/h3-10,14,18H,11-12H2,1-2H3,(H,22,23)(H,24,25). The summed E-state index contributed by atoms with van der Waals surface area (Å²) >= 11 is 0. The first kappa shape index (κ1) is 18.6. The Morgan fingerprint density at radius 3 is 2.24 bits per heavy atom. The molecule has 2 unspecified atom stereocenters. The Balaban J connectivity index is 2.11. The number of carboxylic acid groups (broad SMARTS) is 1.